The Morgan fingerprint density at radius 2 is 1.65 bits per heavy atom. The van der Waals surface area contributed by atoms with Crippen molar-refractivity contribution in [3.05, 3.63) is 60.2 Å². The van der Waals surface area contributed by atoms with Gasteiger partial charge in [-0.05, 0) is 48.0 Å². The van der Waals surface area contributed by atoms with E-state index >= 15 is 0 Å². The summed E-state index contributed by atoms with van der Waals surface area (Å²) >= 11 is 0. The van der Waals surface area contributed by atoms with E-state index in [1.54, 1.807) is 0 Å². The number of benzene rings is 2. The second-order valence-electron chi connectivity index (χ2n) is 8.72. The zero-order chi connectivity index (χ0) is 18.8. The predicted octanol–water partition coefficient (Wildman–Crippen LogP) is 5.22. The number of hydrogen-bond acceptors (Lipinski definition) is 3. The third-order valence-electron chi connectivity index (χ3n) is 5.76. The van der Waals surface area contributed by atoms with E-state index in [0.717, 1.165) is 25.4 Å². The molecule has 1 aliphatic heterocycles. The maximum Gasteiger partial charge on any atom is 0.250 e. The van der Waals surface area contributed by atoms with Gasteiger partial charge in [-0.25, -0.2) is 0 Å². The van der Waals surface area contributed by atoms with Crippen LogP contribution in [-0.4, -0.2) is 28.0 Å². The molecule has 4 heteroatoms. The van der Waals surface area contributed by atoms with Crippen LogP contribution in [0.15, 0.2) is 54.6 Å². The van der Waals surface area contributed by atoms with Gasteiger partial charge >= 0.3 is 0 Å². The third kappa shape index (κ3) is 4.30. The van der Waals surface area contributed by atoms with Crippen molar-refractivity contribution in [2.24, 2.45) is 0 Å². The number of hydrogen-bond donors (Lipinski definition) is 1. The third-order valence-corrected chi connectivity index (χ3v) is 10.1. The fraction of sp³-hybridized carbons (Fsp3) is 0.455. The Morgan fingerprint density at radius 3 is 2.27 bits per heavy atom. The van der Waals surface area contributed by atoms with Gasteiger partial charge in [-0.15, -0.1) is 0 Å². The van der Waals surface area contributed by atoms with Crippen LogP contribution < -0.4 is 14.6 Å². The van der Waals surface area contributed by atoms with E-state index in [4.69, 9.17) is 4.43 Å². The Hall–Kier alpha value is -1.78. The molecule has 26 heavy (non-hydrogen) atoms. The molecule has 140 valence electrons. The van der Waals surface area contributed by atoms with E-state index in [1.807, 2.05) is 0 Å². The molecule has 0 spiro atoms. The van der Waals surface area contributed by atoms with Crippen LogP contribution in [0.5, 0.6) is 5.75 Å². The van der Waals surface area contributed by atoms with E-state index in [1.165, 1.54) is 11.3 Å². The van der Waals surface area contributed by atoms with Crippen molar-refractivity contribution in [1.82, 2.24) is 5.32 Å². The summed E-state index contributed by atoms with van der Waals surface area (Å²) < 4.78 is 6.41. The molecule has 1 aliphatic rings. The number of rotatable bonds is 4. The highest BCUT2D eigenvalue weighted by Gasteiger charge is 2.38. The molecule has 2 aromatic carbocycles. The standard InChI is InChI=1S/C22H32N2OSi/c1-22(2,3)26(4,5)25-20-13-11-19(12-14-20)24-16-15-23-21(17-24)18-9-7-6-8-10-18/h6-14,21,23H,15-17H2,1-5H3. The van der Waals surface area contributed by atoms with Gasteiger partial charge in [0.25, 0.3) is 0 Å². The Morgan fingerprint density at radius 1 is 1.00 bits per heavy atom. The van der Waals surface area contributed by atoms with Crippen LogP contribution in [0.2, 0.25) is 18.1 Å². The maximum absolute atomic E-state index is 6.41. The van der Waals surface area contributed by atoms with Crippen LogP contribution in [0.4, 0.5) is 5.69 Å². The molecule has 3 nitrogen and oxygen atoms in total. The highest BCUT2D eigenvalue weighted by atomic mass is 28.4. The van der Waals surface area contributed by atoms with Gasteiger partial charge in [-0.1, -0.05) is 51.1 Å². The van der Waals surface area contributed by atoms with Crippen molar-refractivity contribution < 1.29 is 4.43 Å². The maximum atomic E-state index is 6.41. The highest BCUT2D eigenvalue weighted by Crippen LogP contribution is 2.37. The minimum atomic E-state index is -1.78. The SMILES string of the molecule is CC(C)(C)[Si](C)(C)Oc1ccc(N2CCNC(c3ccccc3)C2)cc1. The zero-order valence-corrected chi connectivity index (χ0v) is 17.8. The van der Waals surface area contributed by atoms with Gasteiger partial charge in [0, 0.05) is 31.4 Å². The zero-order valence-electron chi connectivity index (χ0n) is 16.8. The highest BCUT2D eigenvalue weighted by molar-refractivity contribution is 6.74. The molecule has 1 saturated heterocycles. The largest absolute Gasteiger partial charge is 0.544 e. The molecule has 0 aliphatic carbocycles. The molecule has 1 fully saturated rings. The molecule has 0 amide bonds. The van der Waals surface area contributed by atoms with Gasteiger partial charge in [-0.3, -0.25) is 0 Å². The molecule has 0 radical (unpaired) electrons. The van der Waals surface area contributed by atoms with Gasteiger partial charge in [-0.2, -0.15) is 0 Å². The summed E-state index contributed by atoms with van der Waals surface area (Å²) in [4.78, 5) is 2.46. The summed E-state index contributed by atoms with van der Waals surface area (Å²) in [7, 11) is -1.78. The molecule has 1 N–H and O–H groups in total. The molecular formula is C22H32N2OSi. The monoisotopic (exact) mass is 368 g/mol. The first kappa shape index (κ1) is 19.0. The summed E-state index contributed by atoms with van der Waals surface area (Å²) in [5.41, 5.74) is 2.63. The average molecular weight is 369 g/mol. The van der Waals surface area contributed by atoms with E-state index in [0.29, 0.717) is 6.04 Å². The first-order valence-corrected chi connectivity index (χ1v) is 12.5. The fourth-order valence-electron chi connectivity index (χ4n) is 3.07. The summed E-state index contributed by atoms with van der Waals surface area (Å²) in [5, 5.41) is 3.85. The van der Waals surface area contributed by atoms with Crippen LogP contribution in [0.25, 0.3) is 0 Å². The lowest BCUT2D eigenvalue weighted by Gasteiger charge is -2.37. The molecule has 0 bridgehead atoms. The van der Waals surface area contributed by atoms with Crippen LogP contribution >= 0.6 is 0 Å². The van der Waals surface area contributed by atoms with Crippen molar-refractivity contribution in [2.45, 2.75) is 44.9 Å². The Labute approximate surface area is 159 Å². The molecular weight excluding hydrogens is 336 g/mol. The molecule has 1 unspecified atom stereocenters. The van der Waals surface area contributed by atoms with Crippen LogP contribution in [0.3, 0.4) is 0 Å². The average Bonchev–Trinajstić information content (AvgIpc) is 2.62. The van der Waals surface area contributed by atoms with E-state index in [-0.39, 0.29) is 5.04 Å². The first-order chi connectivity index (χ1) is 12.3. The van der Waals surface area contributed by atoms with Crippen molar-refractivity contribution >= 4 is 14.0 Å². The molecule has 0 aromatic heterocycles. The van der Waals surface area contributed by atoms with Crippen LogP contribution in [0.1, 0.15) is 32.4 Å². The van der Waals surface area contributed by atoms with Crippen molar-refractivity contribution in [1.29, 1.82) is 0 Å². The first-order valence-electron chi connectivity index (χ1n) is 9.59. The van der Waals surface area contributed by atoms with E-state index in [2.05, 4.69) is 98.7 Å². The van der Waals surface area contributed by atoms with Crippen molar-refractivity contribution in [3.8, 4) is 5.75 Å². The Balaban J connectivity index is 1.68. The molecule has 2 aromatic rings. The quantitative estimate of drug-likeness (QED) is 0.749. The van der Waals surface area contributed by atoms with E-state index in [9.17, 15) is 0 Å². The van der Waals surface area contributed by atoms with E-state index < -0.39 is 8.32 Å². The number of piperazine rings is 1. The summed E-state index contributed by atoms with van der Waals surface area (Å²) in [5.74, 6) is 0.995. The Kier molecular flexibility index (Phi) is 5.44. The minimum absolute atomic E-state index is 0.215. The van der Waals surface area contributed by atoms with Crippen molar-refractivity contribution in [3.63, 3.8) is 0 Å². The predicted molar refractivity (Wildman–Crippen MR) is 114 cm³/mol. The normalized spacial score (nSPS) is 18.7. The summed E-state index contributed by atoms with van der Waals surface area (Å²) in [6.45, 7) is 14.4. The van der Waals surface area contributed by atoms with Crippen molar-refractivity contribution in [2.75, 3.05) is 24.5 Å². The summed E-state index contributed by atoms with van der Waals surface area (Å²) in [6, 6.07) is 19.8. The lowest BCUT2D eigenvalue weighted by atomic mass is 10.0. The van der Waals surface area contributed by atoms with Gasteiger partial charge < -0.3 is 14.6 Å². The molecule has 3 rings (SSSR count). The van der Waals surface area contributed by atoms with Crippen LogP contribution in [-0.2, 0) is 0 Å². The number of nitrogens with one attached hydrogen (secondary N) is 1. The molecule has 1 heterocycles. The minimum Gasteiger partial charge on any atom is -0.544 e. The van der Waals surface area contributed by atoms with Crippen LogP contribution in [0, 0.1) is 0 Å². The van der Waals surface area contributed by atoms with Gasteiger partial charge in [0.2, 0.25) is 8.32 Å². The lowest BCUT2D eigenvalue weighted by Crippen LogP contribution is -2.46. The smallest absolute Gasteiger partial charge is 0.250 e. The Bertz CT molecular complexity index is 707. The summed E-state index contributed by atoms with van der Waals surface area (Å²) in [6.07, 6.45) is 0. The lowest BCUT2D eigenvalue weighted by molar-refractivity contribution is 0.471. The van der Waals surface area contributed by atoms with Gasteiger partial charge in [0.15, 0.2) is 0 Å². The van der Waals surface area contributed by atoms with Gasteiger partial charge in [0.05, 0.1) is 0 Å². The molecule has 0 saturated carbocycles. The second kappa shape index (κ2) is 7.45. The second-order valence-corrected chi connectivity index (χ2v) is 13.4. The topological polar surface area (TPSA) is 24.5 Å². The number of nitrogens with zero attached hydrogens (tertiary/aromatic N) is 1. The fourth-order valence-corrected chi connectivity index (χ4v) is 4.10. The number of anilines is 1. The van der Waals surface area contributed by atoms with Gasteiger partial charge in [0.1, 0.15) is 5.75 Å². The molecule has 1 atom stereocenters.